The van der Waals surface area contributed by atoms with Crippen molar-refractivity contribution in [2.45, 2.75) is 35.5 Å². The van der Waals surface area contributed by atoms with Crippen LogP contribution < -0.4 is 14.2 Å². The van der Waals surface area contributed by atoms with Crippen LogP contribution >= 0.6 is 11.3 Å². The van der Waals surface area contributed by atoms with Crippen molar-refractivity contribution < 1.29 is 26.4 Å². The van der Waals surface area contributed by atoms with Crippen LogP contribution in [0.4, 0.5) is 10.8 Å². The van der Waals surface area contributed by atoms with Crippen molar-refractivity contribution in [2.75, 3.05) is 29.6 Å². The average Bonchev–Trinajstić information content (AvgIpc) is 3.21. The van der Waals surface area contributed by atoms with Crippen molar-refractivity contribution in [2.24, 2.45) is 0 Å². The van der Waals surface area contributed by atoms with Gasteiger partial charge < -0.3 is 9.64 Å². The molecule has 0 aliphatic carbocycles. The molecule has 0 atom stereocenters. The minimum Gasteiger partial charge on any atom is -0.496 e. The minimum absolute atomic E-state index is 0.0459. The highest BCUT2D eigenvalue weighted by Crippen LogP contribution is 2.27. The number of aromatic nitrogens is 1. The smallest absolute Gasteiger partial charge is 0.263 e. The monoisotopic (exact) mass is 550 g/mol. The average molecular weight is 551 g/mol. The second-order valence-corrected chi connectivity index (χ2v) is 12.4. The highest BCUT2D eigenvalue weighted by atomic mass is 32.2. The number of hydrogen-bond acceptors (Lipinski definition) is 8. The number of nitrogens with one attached hydrogen (secondary N) is 2. The lowest BCUT2D eigenvalue weighted by atomic mass is 10.1. The molecule has 1 amide bonds. The molecule has 1 saturated heterocycles. The second kappa shape index (κ2) is 10.8. The summed E-state index contributed by atoms with van der Waals surface area (Å²) >= 11 is 1.14. The van der Waals surface area contributed by atoms with E-state index in [2.05, 4.69) is 14.4 Å². The molecule has 10 nitrogen and oxygen atoms in total. The summed E-state index contributed by atoms with van der Waals surface area (Å²) in [5.74, 6) is 0.0265. The number of carbonyl (C=O) groups excluding carboxylic acids is 1. The van der Waals surface area contributed by atoms with Gasteiger partial charge in [0.25, 0.3) is 26.0 Å². The van der Waals surface area contributed by atoms with Gasteiger partial charge in [-0.2, -0.15) is 0 Å². The number of carbonyl (C=O) groups is 1. The molecule has 1 fully saturated rings. The highest BCUT2D eigenvalue weighted by Gasteiger charge is 2.24. The van der Waals surface area contributed by atoms with Gasteiger partial charge in [-0.05, 0) is 55.3 Å². The van der Waals surface area contributed by atoms with Crippen LogP contribution in [0, 0.1) is 0 Å². The maximum Gasteiger partial charge on any atom is 0.263 e. The summed E-state index contributed by atoms with van der Waals surface area (Å²) in [6.07, 6.45) is 5.39. The number of thiazole rings is 1. The number of ether oxygens (including phenoxy) is 1. The number of sulfonamides is 2. The summed E-state index contributed by atoms with van der Waals surface area (Å²) in [6.45, 7) is 1.23. The highest BCUT2D eigenvalue weighted by molar-refractivity contribution is 7.93. The SMILES string of the molecule is COc1ccc(S(=O)(=O)Nc2ccc(S(=O)(=O)Nc3nccs3)cc2)cc1C(=O)N1CCCCCC1. The minimum atomic E-state index is -4.07. The maximum atomic E-state index is 13.2. The Morgan fingerprint density at radius 2 is 1.56 bits per heavy atom. The van der Waals surface area contributed by atoms with Crippen LogP contribution in [0.5, 0.6) is 5.75 Å². The Labute approximate surface area is 214 Å². The Morgan fingerprint density at radius 3 is 2.17 bits per heavy atom. The molecule has 0 radical (unpaired) electrons. The van der Waals surface area contributed by atoms with Gasteiger partial charge in [-0.15, -0.1) is 11.3 Å². The van der Waals surface area contributed by atoms with Gasteiger partial charge in [0, 0.05) is 30.4 Å². The van der Waals surface area contributed by atoms with E-state index in [1.807, 2.05) is 0 Å². The van der Waals surface area contributed by atoms with E-state index in [1.165, 1.54) is 55.8 Å². The largest absolute Gasteiger partial charge is 0.496 e. The van der Waals surface area contributed by atoms with E-state index in [1.54, 1.807) is 10.3 Å². The molecule has 0 spiro atoms. The molecule has 0 unspecified atom stereocenters. The van der Waals surface area contributed by atoms with Crippen LogP contribution in [0.15, 0.2) is 63.8 Å². The van der Waals surface area contributed by atoms with E-state index in [-0.39, 0.29) is 32.1 Å². The van der Waals surface area contributed by atoms with Gasteiger partial charge in [0.1, 0.15) is 5.75 Å². The van der Waals surface area contributed by atoms with E-state index >= 15 is 0 Å². The summed E-state index contributed by atoms with van der Waals surface area (Å²) in [5.41, 5.74) is 0.344. The van der Waals surface area contributed by atoms with Gasteiger partial charge in [-0.1, -0.05) is 12.8 Å². The first-order chi connectivity index (χ1) is 17.2. The number of hydrogen-bond donors (Lipinski definition) is 2. The Bertz CT molecular complexity index is 1410. The van der Waals surface area contributed by atoms with E-state index in [0.717, 1.165) is 37.0 Å². The lowest BCUT2D eigenvalue weighted by Crippen LogP contribution is -2.32. The first-order valence-electron chi connectivity index (χ1n) is 11.2. The fourth-order valence-electron chi connectivity index (χ4n) is 3.83. The Balaban J connectivity index is 1.54. The molecule has 0 bridgehead atoms. The van der Waals surface area contributed by atoms with Crippen molar-refractivity contribution in [3.63, 3.8) is 0 Å². The van der Waals surface area contributed by atoms with E-state index < -0.39 is 20.0 Å². The quantitative estimate of drug-likeness (QED) is 0.436. The summed E-state index contributed by atoms with van der Waals surface area (Å²) in [5, 5.41) is 1.87. The molecule has 2 heterocycles. The van der Waals surface area contributed by atoms with Crippen molar-refractivity contribution in [1.29, 1.82) is 0 Å². The van der Waals surface area contributed by atoms with Crippen molar-refractivity contribution >= 4 is 48.1 Å². The van der Waals surface area contributed by atoms with E-state index in [0.29, 0.717) is 18.8 Å². The summed E-state index contributed by atoms with van der Waals surface area (Å²) in [6, 6.07) is 9.40. The van der Waals surface area contributed by atoms with Crippen LogP contribution in [0.3, 0.4) is 0 Å². The molecular formula is C23H26N4O6S3. The number of methoxy groups -OCH3 is 1. The molecule has 1 aromatic heterocycles. The van der Waals surface area contributed by atoms with Gasteiger partial charge in [0.15, 0.2) is 5.13 Å². The maximum absolute atomic E-state index is 13.2. The fraction of sp³-hybridized carbons (Fsp3) is 0.304. The normalized spacial score (nSPS) is 14.6. The number of anilines is 2. The number of amides is 1. The molecule has 2 aromatic carbocycles. The predicted octanol–water partition coefficient (Wildman–Crippen LogP) is 3.77. The van der Waals surface area contributed by atoms with E-state index in [9.17, 15) is 21.6 Å². The first-order valence-corrected chi connectivity index (χ1v) is 15.1. The molecule has 1 aliphatic heterocycles. The molecular weight excluding hydrogens is 524 g/mol. The molecule has 36 heavy (non-hydrogen) atoms. The standard InChI is InChI=1S/C23H26N4O6S3/c1-33-21-11-10-19(16-20(21)22(28)27-13-4-2-3-5-14-27)36(31,32)25-17-6-8-18(9-7-17)35(29,30)26-23-24-12-15-34-23/h6-12,15-16,25H,2-5,13-14H2,1H3,(H,24,26). The van der Waals surface area contributed by atoms with Crippen LogP contribution in [-0.2, 0) is 20.0 Å². The number of nitrogens with zero attached hydrogens (tertiary/aromatic N) is 2. The number of rotatable bonds is 8. The molecule has 0 saturated carbocycles. The third-order valence-corrected chi connectivity index (χ3v) is 9.23. The fourth-order valence-corrected chi connectivity index (χ4v) is 6.70. The molecule has 4 rings (SSSR count). The molecule has 13 heteroatoms. The van der Waals surface area contributed by atoms with Crippen LogP contribution in [0.25, 0.3) is 0 Å². The van der Waals surface area contributed by atoms with Gasteiger partial charge in [-0.3, -0.25) is 14.2 Å². The Hall–Kier alpha value is -3.16. The van der Waals surface area contributed by atoms with Gasteiger partial charge >= 0.3 is 0 Å². The van der Waals surface area contributed by atoms with Gasteiger partial charge in [0.05, 0.1) is 22.5 Å². The van der Waals surface area contributed by atoms with Crippen molar-refractivity contribution in [3.05, 3.63) is 59.6 Å². The third-order valence-electron chi connectivity index (χ3n) is 5.68. The topological polar surface area (TPSA) is 135 Å². The van der Waals surface area contributed by atoms with Crippen LogP contribution in [0.2, 0.25) is 0 Å². The zero-order valence-electron chi connectivity index (χ0n) is 19.5. The predicted molar refractivity (Wildman–Crippen MR) is 138 cm³/mol. The third kappa shape index (κ3) is 5.97. The lowest BCUT2D eigenvalue weighted by Gasteiger charge is -2.22. The lowest BCUT2D eigenvalue weighted by molar-refractivity contribution is 0.0758. The first kappa shape index (κ1) is 25.9. The summed E-state index contributed by atoms with van der Waals surface area (Å²) < 4.78 is 61.3. The van der Waals surface area contributed by atoms with Crippen molar-refractivity contribution in [3.8, 4) is 5.75 Å². The van der Waals surface area contributed by atoms with Crippen LogP contribution in [0.1, 0.15) is 36.0 Å². The zero-order chi connectivity index (χ0) is 25.8. The van der Waals surface area contributed by atoms with Crippen LogP contribution in [-0.4, -0.2) is 52.8 Å². The molecule has 3 aromatic rings. The van der Waals surface area contributed by atoms with Gasteiger partial charge in [-0.25, -0.2) is 21.8 Å². The second-order valence-electron chi connectivity index (χ2n) is 8.14. The van der Waals surface area contributed by atoms with Gasteiger partial charge in [0.2, 0.25) is 0 Å². The number of benzene rings is 2. The Morgan fingerprint density at radius 1 is 0.917 bits per heavy atom. The molecule has 192 valence electrons. The molecule has 2 N–H and O–H groups in total. The van der Waals surface area contributed by atoms with E-state index in [4.69, 9.17) is 4.74 Å². The molecule has 1 aliphatic rings. The van der Waals surface area contributed by atoms with Crippen molar-refractivity contribution in [1.82, 2.24) is 9.88 Å². The number of likely N-dealkylation sites (tertiary alicyclic amines) is 1. The Kier molecular flexibility index (Phi) is 7.81. The zero-order valence-corrected chi connectivity index (χ0v) is 22.0. The summed E-state index contributed by atoms with van der Waals surface area (Å²) in [4.78, 5) is 18.6. The summed E-state index contributed by atoms with van der Waals surface area (Å²) in [7, 11) is -6.51.